The molecule has 0 saturated carbocycles. The van der Waals surface area contributed by atoms with Gasteiger partial charge >= 0.3 is 0 Å². The fourth-order valence-corrected chi connectivity index (χ4v) is 2.89. The first-order chi connectivity index (χ1) is 9.71. The Bertz CT molecular complexity index is 598. The Morgan fingerprint density at radius 2 is 2.05 bits per heavy atom. The summed E-state index contributed by atoms with van der Waals surface area (Å²) < 4.78 is 1.11. The van der Waals surface area contributed by atoms with E-state index in [0.717, 1.165) is 45.7 Å². The van der Waals surface area contributed by atoms with E-state index in [9.17, 15) is 0 Å². The molecule has 0 bridgehead atoms. The fourth-order valence-electron chi connectivity index (χ4n) is 2.11. The third-order valence-electron chi connectivity index (χ3n) is 3.17. The Kier molecular flexibility index (Phi) is 5.28. The summed E-state index contributed by atoms with van der Waals surface area (Å²) in [6, 6.07) is 2.00. The van der Waals surface area contributed by atoms with Crippen LogP contribution < -0.4 is 5.32 Å². The molecular weight excluding hydrogens is 363 g/mol. The second kappa shape index (κ2) is 6.97. The molecule has 0 aliphatic carbocycles. The van der Waals surface area contributed by atoms with Gasteiger partial charge in [-0.3, -0.25) is 4.98 Å². The van der Waals surface area contributed by atoms with Gasteiger partial charge in [0.25, 0.3) is 0 Å². The van der Waals surface area contributed by atoms with E-state index >= 15 is 0 Å². The van der Waals surface area contributed by atoms with E-state index in [-0.39, 0.29) is 0 Å². The summed E-state index contributed by atoms with van der Waals surface area (Å²) >= 11 is 2.32. The van der Waals surface area contributed by atoms with Crippen molar-refractivity contribution >= 4 is 28.4 Å². The molecule has 2 heterocycles. The van der Waals surface area contributed by atoms with E-state index in [2.05, 4.69) is 51.7 Å². The van der Waals surface area contributed by atoms with Gasteiger partial charge in [0, 0.05) is 25.0 Å². The van der Waals surface area contributed by atoms with Crippen LogP contribution in [-0.2, 0) is 12.8 Å². The monoisotopic (exact) mass is 382 g/mol. The molecule has 4 nitrogen and oxygen atoms in total. The third-order valence-corrected chi connectivity index (χ3v) is 4.30. The van der Waals surface area contributed by atoms with Gasteiger partial charge in [-0.15, -0.1) is 0 Å². The molecular formula is C15H19IN4. The number of aromatic nitrogens is 3. The van der Waals surface area contributed by atoms with Gasteiger partial charge in [0.1, 0.15) is 5.82 Å². The van der Waals surface area contributed by atoms with Crippen molar-refractivity contribution in [2.75, 3.05) is 12.4 Å². The van der Waals surface area contributed by atoms with E-state index in [4.69, 9.17) is 4.98 Å². The number of anilines is 1. The summed E-state index contributed by atoms with van der Waals surface area (Å²) in [5.41, 5.74) is 3.37. The molecule has 0 atom stereocenters. The highest BCUT2D eigenvalue weighted by atomic mass is 127. The van der Waals surface area contributed by atoms with E-state index in [1.54, 1.807) is 6.20 Å². The molecule has 0 radical (unpaired) electrons. The Labute approximate surface area is 133 Å². The Balaban J connectivity index is 2.59. The second-order valence-electron chi connectivity index (χ2n) is 4.54. The van der Waals surface area contributed by atoms with Crippen LogP contribution in [0, 0.1) is 3.57 Å². The lowest BCUT2D eigenvalue weighted by atomic mass is 10.1. The van der Waals surface area contributed by atoms with Crippen molar-refractivity contribution in [2.45, 2.75) is 33.1 Å². The van der Waals surface area contributed by atoms with Gasteiger partial charge in [-0.05, 0) is 47.1 Å². The quantitative estimate of drug-likeness (QED) is 0.802. The fraction of sp³-hybridized carbons (Fsp3) is 0.400. The molecule has 2 rings (SSSR count). The maximum Gasteiger partial charge on any atom is 0.162 e. The van der Waals surface area contributed by atoms with Gasteiger partial charge < -0.3 is 5.32 Å². The van der Waals surface area contributed by atoms with Crippen LogP contribution in [0.25, 0.3) is 11.4 Å². The van der Waals surface area contributed by atoms with Gasteiger partial charge in [-0.1, -0.05) is 20.3 Å². The number of aryl methyl sites for hydroxylation is 2. The largest absolute Gasteiger partial charge is 0.372 e. The first-order valence-electron chi connectivity index (χ1n) is 6.88. The van der Waals surface area contributed by atoms with Crippen molar-refractivity contribution in [1.29, 1.82) is 0 Å². The van der Waals surface area contributed by atoms with Crippen LogP contribution in [0.5, 0.6) is 0 Å². The molecule has 0 aliphatic heterocycles. The van der Waals surface area contributed by atoms with Crippen LogP contribution in [-0.4, -0.2) is 22.0 Å². The second-order valence-corrected chi connectivity index (χ2v) is 5.62. The van der Waals surface area contributed by atoms with Gasteiger partial charge in [0.05, 0.1) is 9.26 Å². The Morgan fingerprint density at radius 3 is 2.70 bits per heavy atom. The summed E-state index contributed by atoms with van der Waals surface area (Å²) in [7, 11) is 1.90. The summed E-state index contributed by atoms with van der Waals surface area (Å²) in [5.74, 6) is 1.69. The van der Waals surface area contributed by atoms with E-state index in [0.29, 0.717) is 0 Å². The summed E-state index contributed by atoms with van der Waals surface area (Å²) in [5, 5.41) is 3.17. The standard InChI is InChI=1S/C15H19IN4/c1-4-6-12-13(16)15(17-3)20-14(19-12)11-7-8-18-9-10(11)5-2/h7-9H,4-6H2,1-3H3,(H,17,19,20). The van der Waals surface area contributed by atoms with Crippen LogP contribution >= 0.6 is 22.6 Å². The molecule has 0 saturated heterocycles. The lowest BCUT2D eigenvalue weighted by Gasteiger charge is -2.12. The molecule has 1 N–H and O–H groups in total. The zero-order valence-electron chi connectivity index (χ0n) is 12.1. The highest BCUT2D eigenvalue weighted by molar-refractivity contribution is 14.1. The van der Waals surface area contributed by atoms with Crippen molar-refractivity contribution in [3.8, 4) is 11.4 Å². The molecule has 5 heteroatoms. The van der Waals surface area contributed by atoms with Crippen LogP contribution in [0.1, 0.15) is 31.5 Å². The molecule has 0 amide bonds. The van der Waals surface area contributed by atoms with Gasteiger partial charge in [-0.2, -0.15) is 0 Å². The predicted octanol–water partition coefficient (Wildman–Crippen LogP) is 3.70. The first kappa shape index (κ1) is 15.2. The molecule has 0 unspecified atom stereocenters. The molecule has 20 heavy (non-hydrogen) atoms. The van der Waals surface area contributed by atoms with Gasteiger partial charge in [0.15, 0.2) is 5.82 Å². The van der Waals surface area contributed by atoms with Gasteiger partial charge in [0.2, 0.25) is 0 Å². The van der Waals surface area contributed by atoms with Crippen molar-refractivity contribution in [3.05, 3.63) is 33.3 Å². The van der Waals surface area contributed by atoms with Crippen LogP contribution in [0.4, 0.5) is 5.82 Å². The van der Waals surface area contributed by atoms with Crippen molar-refractivity contribution < 1.29 is 0 Å². The minimum atomic E-state index is 0.789. The molecule has 0 aliphatic rings. The predicted molar refractivity (Wildman–Crippen MR) is 90.9 cm³/mol. The lowest BCUT2D eigenvalue weighted by Crippen LogP contribution is -2.06. The number of rotatable bonds is 5. The maximum atomic E-state index is 4.76. The zero-order chi connectivity index (χ0) is 14.5. The minimum absolute atomic E-state index is 0.789. The highest BCUT2D eigenvalue weighted by Gasteiger charge is 2.14. The smallest absolute Gasteiger partial charge is 0.162 e. The molecule has 106 valence electrons. The SMILES string of the molecule is CCCc1nc(-c2ccncc2CC)nc(NC)c1I. The molecule has 0 spiro atoms. The van der Waals surface area contributed by atoms with E-state index in [1.807, 2.05) is 19.3 Å². The van der Waals surface area contributed by atoms with Crippen LogP contribution in [0.15, 0.2) is 18.5 Å². The maximum absolute atomic E-state index is 4.76. The lowest BCUT2D eigenvalue weighted by molar-refractivity contribution is 0.867. The average molecular weight is 382 g/mol. The third kappa shape index (κ3) is 3.08. The van der Waals surface area contributed by atoms with Crippen LogP contribution in [0.3, 0.4) is 0 Å². The van der Waals surface area contributed by atoms with Crippen molar-refractivity contribution in [2.24, 2.45) is 0 Å². The molecule has 2 aromatic heterocycles. The zero-order valence-corrected chi connectivity index (χ0v) is 14.2. The van der Waals surface area contributed by atoms with Crippen molar-refractivity contribution in [3.63, 3.8) is 0 Å². The number of hydrogen-bond acceptors (Lipinski definition) is 4. The summed E-state index contributed by atoms with van der Waals surface area (Å²) in [4.78, 5) is 13.6. The Hall–Kier alpha value is -1.24. The number of pyridine rings is 1. The topological polar surface area (TPSA) is 50.7 Å². The first-order valence-corrected chi connectivity index (χ1v) is 7.96. The normalized spacial score (nSPS) is 10.6. The number of hydrogen-bond donors (Lipinski definition) is 1. The number of halogens is 1. The van der Waals surface area contributed by atoms with E-state index in [1.165, 1.54) is 5.56 Å². The Morgan fingerprint density at radius 1 is 1.25 bits per heavy atom. The number of nitrogens with zero attached hydrogens (tertiary/aromatic N) is 3. The summed E-state index contributed by atoms with van der Waals surface area (Å²) in [6.07, 6.45) is 6.67. The molecule has 0 aromatic carbocycles. The average Bonchev–Trinajstić information content (AvgIpc) is 2.49. The molecule has 0 fully saturated rings. The van der Waals surface area contributed by atoms with Gasteiger partial charge in [-0.25, -0.2) is 9.97 Å². The van der Waals surface area contributed by atoms with E-state index < -0.39 is 0 Å². The van der Waals surface area contributed by atoms with Crippen LogP contribution in [0.2, 0.25) is 0 Å². The van der Waals surface area contributed by atoms with Crippen molar-refractivity contribution in [1.82, 2.24) is 15.0 Å². The molecule has 2 aromatic rings. The minimum Gasteiger partial charge on any atom is -0.372 e. The summed E-state index contributed by atoms with van der Waals surface area (Å²) in [6.45, 7) is 4.29. The highest BCUT2D eigenvalue weighted by Crippen LogP contribution is 2.26. The number of nitrogens with one attached hydrogen (secondary N) is 1.